The van der Waals surface area contributed by atoms with Gasteiger partial charge in [-0.15, -0.1) is 11.3 Å². The SMILES string of the molecule is CC1(C)CCC(NCc2sccc2Br)c2ccccc21. The second kappa shape index (κ2) is 5.63. The van der Waals surface area contributed by atoms with Gasteiger partial charge in [0.05, 0.1) is 0 Å². The molecule has 0 fully saturated rings. The molecule has 1 N–H and O–H groups in total. The number of fused-ring (bicyclic) bond motifs is 1. The van der Waals surface area contributed by atoms with E-state index in [2.05, 4.69) is 70.8 Å². The average molecular weight is 350 g/mol. The van der Waals surface area contributed by atoms with Gasteiger partial charge in [0.1, 0.15) is 0 Å². The Kier molecular flexibility index (Phi) is 4.02. The third-order valence-electron chi connectivity index (χ3n) is 4.32. The minimum atomic E-state index is 0.304. The first-order chi connectivity index (χ1) is 9.58. The molecular formula is C17H20BrNS. The average Bonchev–Trinajstić information content (AvgIpc) is 2.84. The Morgan fingerprint density at radius 1 is 1.30 bits per heavy atom. The molecule has 0 aliphatic heterocycles. The van der Waals surface area contributed by atoms with E-state index in [9.17, 15) is 0 Å². The molecule has 3 rings (SSSR count). The van der Waals surface area contributed by atoms with Gasteiger partial charge in [0.15, 0.2) is 0 Å². The lowest BCUT2D eigenvalue weighted by molar-refractivity contribution is 0.358. The van der Waals surface area contributed by atoms with Gasteiger partial charge in [-0.05, 0) is 56.8 Å². The summed E-state index contributed by atoms with van der Waals surface area (Å²) in [6, 6.07) is 11.5. The third kappa shape index (κ3) is 2.72. The van der Waals surface area contributed by atoms with Gasteiger partial charge in [-0.1, -0.05) is 38.1 Å². The van der Waals surface area contributed by atoms with Gasteiger partial charge in [0, 0.05) is 21.9 Å². The fourth-order valence-electron chi connectivity index (χ4n) is 3.09. The Hall–Kier alpha value is -0.640. The van der Waals surface area contributed by atoms with E-state index in [-0.39, 0.29) is 0 Å². The standard InChI is InChI=1S/C17H20BrNS/c1-17(2)9-7-15(12-5-3-4-6-13(12)17)19-11-16-14(18)8-10-20-16/h3-6,8,10,15,19H,7,9,11H2,1-2H3. The summed E-state index contributed by atoms with van der Waals surface area (Å²) in [4.78, 5) is 1.38. The lowest BCUT2D eigenvalue weighted by Gasteiger charge is -2.37. The smallest absolute Gasteiger partial charge is 0.0327 e. The van der Waals surface area contributed by atoms with Crippen molar-refractivity contribution >= 4 is 27.3 Å². The maximum Gasteiger partial charge on any atom is 0.0327 e. The fraction of sp³-hybridized carbons (Fsp3) is 0.412. The van der Waals surface area contributed by atoms with E-state index in [0.29, 0.717) is 11.5 Å². The summed E-state index contributed by atoms with van der Waals surface area (Å²) in [6.45, 7) is 5.66. The fourth-order valence-corrected chi connectivity index (χ4v) is 4.54. The third-order valence-corrected chi connectivity index (χ3v) is 6.25. The lowest BCUT2D eigenvalue weighted by atomic mass is 9.71. The monoisotopic (exact) mass is 349 g/mol. The first-order valence-electron chi connectivity index (χ1n) is 7.12. The molecule has 1 atom stereocenters. The predicted molar refractivity (Wildman–Crippen MR) is 90.3 cm³/mol. The maximum atomic E-state index is 3.74. The molecule has 0 saturated carbocycles. The first kappa shape index (κ1) is 14.3. The van der Waals surface area contributed by atoms with E-state index in [4.69, 9.17) is 0 Å². The van der Waals surface area contributed by atoms with Crippen molar-refractivity contribution in [2.45, 2.75) is 44.7 Å². The lowest BCUT2D eigenvalue weighted by Crippen LogP contribution is -2.32. The molecule has 106 valence electrons. The summed E-state index contributed by atoms with van der Waals surface area (Å²) in [6.07, 6.45) is 2.46. The van der Waals surface area contributed by atoms with Gasteiger partial charge < -0.3 is 5.32 Å². The molecule has 0 spiro atoms. The predicted octanol–water partition coefficient (Wildman–Crippen LogP) is 5.41. The van der Waals surface area contributed by atoms with Crippen LogP contribution in [-0.4, -0.2) is 0 Å². The van der Waals surface area contributed by atoms with Crippen molar-refractivity contribution in [1.82, 2.24) is 5.32 Å². The molecular weight excluding hydrogens is 330 g/mol. The minimum Gasteiger partial charge on any atom is -0.305 e. The number of benzene rings is 1. The molecule has 1 aromatic heterocycles. The van der Waals surface area contributed by atoms with Crippen molar-refractivity contribution in [3.8, 4) is 0 Å². The molecule has 0 radical (unpaired) electrons. The van der Waals surface area contributed by atoms with Crippen molar-refractivity contribution in [1.29, 1.82) is 0 Å². The van der Waals surface area contributed by atoms with Crippen molar-refractivity contribution in [2.75, 3.05) is 0 Å². The molecule has 1 unspecified atom stereocenters. The number of rotatable bonds is 3. The van der Waals surface area contributed by atoms with Crippen LogP contribution < -0.4 is 5.32 Å². The van der Waals surface area contributed by atoms with E-state index in [1.807, 2.05) is 11.3 Å². The Balaban J connectivity index is 1.80. The van der Waals surface area contributed by atoms with Crippen molar-refractivity contribution in [3.05, 3.63) is 56.2 Å². The summed E-state index contributed by atoms with van der Waals surface area (Å²) < 4.78 is 1.22. The molecule has 3 heteroatoms. The maximum absolute atomic E-state index is 3.74. The zero-order chi connectivity index (χ0) is 14.2. The summed E-state index contributed by atoms with van der Waals surface area (Å²) >= 11 is 5.42. The van der Waals surface area contributed by atoms with E-state index in [1.165, 1.54) is 33.3 Å². The summed E-state index contributed by atoms with van der Waals surface area (Å²) in [7, 11) is 0. The van der Waals surface area contributed by atoms with E-state index in [0.717, 1.165) is 6.54 Å². The Morgan fingerprint density at radius 3 is 2.85 bits per heavy atom. The second-order valence-corrected chi connectivity index (χ2v) is 7.99. The van der Waals surface area contributed by atoms with Crippen LogP contribution in [-0.2, 0) is 12.0 Å². The molecule has 20 heavy (non-hydrogen) atoms. The van der Waals surface area contributed by atoms with Crippen LogP contribution in [0.15, 0.2) is 40.2 Å². The zero-order valence-corrected chi connectivity index (χ0v) is 14.4. The van der Waals surface area contributed by atoms with Crippen molar-refractivity contribution < 1.29 is 0 Å². The number of thiophene rings is 1. The van der Waals surface area contributed by atoms with Gasteiger partial charge in [0.25, 0.3) is 0 Å². The Bertz CT molecular complexity index is 603. The molecule has 1 aromatic carbocycles. The Labute approximate surface area is 133 Å². The summed E-state index contributed by atoms with van der Waals surface area (Å²) in [5.41, 5.74) is 3.29. The number of nitrogens with one attached hydrogen (secondary N) is 1. The van der Waals surface area contributed by atoms with E-state index in [1.54, 1.807) is 0 Å². The topological polar surface area (TPSA) is 12.0 Å². The van der Waals surface area contributed by atoms with Crippen molar-refractivity contribution in [2.24, 2.45) is 0 Å². The normalized spacial score (nSPS) is 20.6. The first-order valence-corrected chi connectivity index (χ1v) is 8.80. The van der Waals surface area contributed by atoms with Crippen LogP contribution in [0.4, 0.5) is 0 Å². The van der Waals surface area contributed by atoms with E-state index >= 15 is 0 Å². The number of halogens is 1. The molecule has 0 saturated heterocycles. The molecule has 1 aliphatic carbocycles. The highest BCUT2D eigenvalue weighted by atomic mass is 79.9. The summed E-state index contributed by atoms with van der Waals surface area (Å²) in [5, 5.41) is 5.88. The van der Waals surface area contributed by atoms with Crippen LogP contribution in [0.3, 0.4) is 0 Å². The Morgan fingerprint density at radius 2 is 2.10 bits per heavy atom. The minimum absolute atomic E-state index is 0.304. The molecule has 0 bridgehead atoms. The van der Waals surface area contributed by atoms with Crippen LogP contribution in [0.1, 0.15) is 48.7 Å². The highest BCUT2D eigenvalue weighted by Crippen LogP contribution is 2.41. The highest BCUT2D eigenvalue weighted by Gasteiger charge is 2.31. The molecule has 1 aliphatic rings. The molecule has 1 nitrogen and oxygen atoms in total. The number of hydrogen-bond acceptors (Lipinski definition) is 2. The van der Waals surface area contributed by atoms with Crippen molar-refractivity contribution in [3.63, 3.8) is 0 Å². The molecule has 2 aromatic rings. The quantitative estimate of drug-likeness (QED) is 0.780. The zero-order valence-electron chi connectivity index (χ0n) is 11.9. The van der Waals surface area contributed by atoms with Gasteiger partial charge >= 0.3 is 0 Å². The van der Waals surface area contributed by atoms with Gasteiger partial charge in [-0.2, -0.15) is 0 Å². The van der Waals surface area contributed by atoms with Crippen LogP contribution >= 0.6 is 27.3 Å². The summed E-state index contributed by atoms with van der Waals surface area (Å²) in [5.74, 6) is 0. The van der Waals surface area contributed by atoms with Crippen LogP contribution in [0.2, 0.25) is 0 Å². The largest absolute Gasteiger partial charge is 0.305 e. The van der Waals surface area contributed by atoms with Gasteiger partial charge in [0.2, 0.25) is 0 Å². The molecule has 0 amide bonds. The number of hydrogen-bond donors (Lipinski definition) is 1. The van der Waals surface area contributed by atoms with E-state index < -0.39 is 0 Å². The van der Waals surface area contributed by atoms with Crippen LogP contribution in [0.5, 0.6) is 0 Å². The van der Waals surface area contributed by atoms with Crippen LogP contribution in [0.25, 0.3) is 0 Å². The molecule has 1 heterocycles. The van der Waals surface area contributed by atoms with Gasteiger partial charge in [-0.3, -0.25) is 0 Å². The van der Waals surface area contributed by atoms with Crippen LogP contribution in [0, 0.1) is 0 Å². The highest BCUT2D eigenvalue weighted by molar-refractivity contribution is 9.10. The van der Waals surface area contributed by atoms with Gasteiger partial charge in [-0.25, -0.2) is 0 Å². The second-order valence-electron chi connectivity index (χ2n) is 6.14.